The quantitative estimate of drug-likeness (QED) is 0.692. The lowest BCUT2D eigenvalue weighted by Gasteiger charge is -2.33. The summed E-state index contributed by atoms with van der Waals surface area (Å²) < 4.78 is 11.7. The number of fused-ring (bicyclic) bond motifs is 3. The Labute approximate surface area is 173 Å². The third kappa shape index (κ3) is 5.11. The number of hydrogen-bond donors (Lipinski definition) is 1. The molecule has 0 radical (unpaired) electrons. The number of ether oxygens (including phenoxy) is 1. The maximum Gasteiger partial charge on any atom is 0.257 e. The normalized spacial score (nSPS) is 18.0. The molecule has 6 nitrogen and oxygen atoms in total. The van der Waals surface area contributed by atoms with Gasteiger partial charge in [-0.05, 0) is 57.0 Å². The van der Waals surface area contributed by atoms with Crippen molar-refractivity contribution in [3.8, 4) is 5.75 Å². The minimum Gasteiger partial charge on any atom is -0.484 e. The first-order valence-electron chi connectivity index (χ1n) is 11.1. The van der Waals surface area contributed by atoms with Crippen LogP contribution in [0.4, 0.5) is 0 Å². The van der Waals surface area contributed by atoms with E-state index in [0.717, 1.165) is 81.0 Å². The van der Waals surface area contributed by atoms with Gasteiger partial charge in [-0.15, -0.1) is 0 Å². The van der Waals surface area contributed by atoms with Crippen LogP contribution in [-0.2, 0) is 17.6 Å². The van der Waals surface area contributed by atoms with Crippen molar-refractivity contribution in [2.75, 3.05) is 52.4 Å². The number of benzene rings is 1. The van der Waals surface area contributed by atoms with Crippen molar-refractivity contribution in [1.29, 1.82) is 0 Å². The maximum absolute atomic E-state index is 12.1. The number of nitrogens with zero attached hydrogens (tertiary/aromatic N) is 2. The first-order valence-corrected chi connectivity index (χ1v) is 11.1. The second-order valence-corrected chi connectivity index (χ2v) is 8.14. The number of hydrogen-bond acceptors (Lipinski definition) is 5. The number of nitrogens with one attached hydrogen (secondary N) is 1. The van der Waals surface area contributed by atoms with Crippen LogP contribution in [0.15, 0.2) is 22.6 Å². The van der Waals surface area contributed by atoms with E-state index in [9.17, 15) is 4.79 Å². The van der Waals surface area contributed by atoms with Crippen LogP contribution in [0.5, 0.6) is 5.75 Å². The third-order valence-corrected chi connectivity index (χ3v) is 6.18. The molecule has 158 valence electrons. The Bertz CT molecular complexity index is 824. The van der Waals surface area contributed by atoms with Crippen LogP contribution in [-0.4, -0.2) is 68.1 Å². The van der Waals surface area contributed by atoms with Crippen molar-refractivity contribution in [2.45, 2.75) is 39.0 Å². The highest BCUT2D eigenvalue weighted by Gasteiger charge is 2.18. The lowest BCUT2D eigenvalue weighted by molar-refractivity contribution is -0.123. The molecule has 0 spiro atoms. The molecule has 1 amide bonds. The Kier molecular flexibility index (Phi) is 6.72. The van der Waals surface area contributed by atoms with Crippen molar-refractivity contribution >= 4 is 16.9 Å². The van der Waals surface area contributed by atoms with Crippen molar-refractivity contribution in [2.24, 2.45) is 0 Å². The lowest BCUT2D eigenvalue weighted by atomic mass is 9.96. The Morgan fingerprint density at radius 3 is 2.76 bits per heavy atom. The molecule has 1 aromatic heterocycles. The molecule has 1 N–H and O–H groups in total. The van der Waals surface area contributed by atoms with E-state index in [1.807, 2.05) is 18.2 Å². The van der Waals surface area contributed by atoms with E-state index >= 15 is 0 Å². The van der Waals surface area contributed by atoms with Gasteiger partial charge in [0.15, 0.2) is 6.61 Å². The molecular formula is C23H33N3O3. The predicted octanol–water partition coefficient (Wildman–Crippen LogP) is 2.83. The van der Waals surface area contributed by atoms with Crippen LogP contribution >= 0.6 is 0 Å². The van der Waals surface area contributed by atoms with Crippen molar-refractivity contribution in [1.82, 2.24) is 15.1 Å². The van der Waals surface area contributed by atoms with Gasteiger partial charge in [-0.25, -0.2) is 0 Å². The molecule has 1 aromatic carbocycles. The van der Waals surface area contributed by atoms with Gasteiger partial charge in [0.05, 0.1) is 0 Å². The lowest BCUT2D eigenvalue weighted by Crippen LogP contribution is -2.46. The molecule has 2 aromatic rings. The highest BCUT2D eigenvalue weighted by molar-refractivity contribution is 5.84. The summed E-state index contributed by atoms with van der Waals surface area (Å²) in [6.07, 6.45) is 5.48. The average molecular weight is 400 g/mol. The van der Waals surface area contributed by atoms with Gasteiger partial charge in [-0.3, -0.25) is 4.79 Å². The fourth-order valence-electron chi connectivity index (χ4n) is 4.39. The van der Waals surface area contributed by atoms with E-state index in [1.54, 1.807) is 0 Å². The first kappa shape index (κ1) is 20.2. The van der Waals surface area contributed by atoms with Crippen LogP contribution in [0.2, 0.25) is 0 Å². The number of piperazine rings is 1. The Morgan fingerprint density at radius 2 is 1.93 bits per heavy atom. The second-order valence-electron chi connectivity index (χ2n) is 8.14. The molecular weight excluding hydrogens is 366 g/mol. The second kappa shape index (κ2) is 9.63. The van der Waals surface area contributed by atoms with Crippen LogP contribution < -0.4 is 10.1 Å². The summed E-state index contributed by atoms with van der Waals surface area (Å²) in [5.74, 6) is 1.79. The number of amides is 1. The Hall–Kier alpha value is -2.05. The van der Waals surface area contributed by atoms with E-state index in [0.29, 0.717) is 6.54 Å². The van der Waals surface area contributed by atoms with Crippen molar-refractivity contribution in [3.63, 3.8) is 0 Å². The summed E-state index contributed by atoms with van der Waals surface area (Å²) >= 11 is 0. The molecule has 6 heteroatoms. The minimum atomic E-state index is -0.0601. The number of likely N-dealkylation sites (N-methyl/N-ethyl adjacent to an activating group) is 1. The highest BCUT2D eigenvalue weighted by atomic mass is 16.5. The average Bonchev–Trinajstić information content (AvgIpc) is 3.13. The molecule has 0 bridgehead atoms. The third-order valence-electron chi connectivity index (χ3n) is 6.18. The van der Waals surface area contributed by atoms with Gasteiger partial charge >= 0.3 is 0 Å². The Morgan fingerprint density at radius 1 is 1.14 bits per heavy atom. The van der Waals surface area contributed by atoms with Gasteiger partial charge in [0, 0.05) is 50.1 Å². The SMILES string of the molecule is CCN1CCN(CCCNC(=O)COc2ccc3oc4c(c3c2)CCCC4)CC1. The molecule has 1 aliphatic carbocycles. The molecule has 4 rings (SSSR count). The van der Waals surface area contributed by atoms with Crippen LogP contribution in [0.1, 0.15) is 37.5 Å². The fourth-order valence-corrected chi connectivity index (χ4v) is 4.39. The zero-order chi connectivity index (χ0) is 20.1. The van der Waals surface area contributed by atoms with Crippen LogP contribution in [0, 0.1) is 0 Å². The maximum atomic E-state index is 12.1. The molecule has 0 atom stereocenters. The van der Waals surface area contributed by atoms with Gasteiger partial charge in [0.25, 0.3) is 5.91 Å². The minimum absolute atomic E-state index is 0.0563. The molecule has 2 aliphatic rings. The van der Waals surface area contributed by atoms with Gasteiger partial charge in [0.2, 0.25) is 0 Å². The first-order chi connectivity index (χ1) is 14.2. The summed E-state index contributed by atoms with van der Waals surface area (Å²) in [5.41, 5.74) is 2.24. The molecule has 29 heavy (non-hydrogen) atoms. The standard InChI is InChI=1S/C23H33N3O3/c1-2-25-12-14-26(15-13-25)11-5-10-24-23(27)17-28-18-8-9-22-20(16-18)19-6-3-4-7-21(19)29-22/h8-9,16H,2-7,10-15,17H2,1H3,(H,24,27). The van der Waals surface area contributed by atoms with Gasteiger partial charge in [-0.1, -0.05) is 6.92 Å². The van der Waals surface area contributed by atoms with E-state index in [2.05, 4.69) is 22.0 Å². The summed E-state index contributed by atoms with van der Waals surface area (Å²) in [4.78, 5) is 17.1. The van der Waals surface area contributed by atoms with Crippen LogP contribution in [0.25, 0.3) is 11.0 Å². The number of rotatable bonds is 8. The van der Waals surface area contributed by atoms with Crippen molar-refractivity contribution in [3.05, 3.63) is 29.5 Å². The zero-order valence-electron chi connectivity index (χ0n) is 17.5. The molecule has 0 unspecified atom stereocenters. The summed E-state index contributed by atoms with van der Waals surface area (Å²) in [6, 6.07) is 5.87. The molecule has 1 aliphatic heterocycles. The van der Waals surface area contributed by atoms with Gasteiger partial charge < -0.3 is 24.3 Å². The molecule has 0 saturated carbocycles. The number of aryl methyl sites for hydroxylation is 2. The zero-order valence-corrected chi connectivity index (χ0v) is 17.5. The largest absolute Gasteiger partial charge is 0.484 e. The summed E-state index contributed by atoms with van der Waals surface area (Å²) in [7, 11) is 0. The number of furan rings is 1. The monoisotopic (exact) mass is 399 g/mol. The number of carbonyl (C=O) groups excluding carboxylic acids is 1. The highest BCUT2D eigenvalue weighted by Crippen LogP contribution is 2.33. The van der Waals surface area contributed by atoms with Gasteiger partial charge in [0.1, 0.15) is 17.1 Å². The topological polar surface area (TPSA) is 58.0 Å². The van der Waals surface area contributed by atoms with E-state index in [1.165, 1.54) is 18.4 Å². The summed E-state index contributed by atoms with van der Waals surface area (Å²) in [6.45, 7) is 9.72. The van der Waals surface area contributed by atoms with E-state index in [-0.39, 0.29) is 12.5 Å². The fraction of sp³-hybridized carbons (Fsp3) is 0.609. The van der Waals surface area contributed by atoms with E-state index in [4.69, 9.17) is 9.15 Å². The van der Waals surface area contributed by atoms with Crippen LogP contribution in [0.3, 0.4) is 0 Å². The van der Waals surface area contributed by atoms with Gasteiger partial charge in [-0.2, -0.15) is 0 Å². The smallest absolute Gasteiger partial charge is 0.257 e. The van der Waals surface area contributed by atoms with Crippen molar-refractivity contribution < 1.29 is 13.9 Å². The molecule has 1 fully saturated rings. The predicted molar refractivity (Wildman–Crippen MR) is 115 cm³/mol. The number of carbonyl (C=O) groups is 1. The van der Waals surface area contributed by atoms with E-state index < -0.39 is 0 Å². The molecule has 2 heterocycles. The summed E-state index contributed by atoms with van der Waals surface area (Å²) in [5, 5.41) is 4.11. The molecule has 1 saturated heterocycles. The Balaban J connectivity index is 1.18.